The Balaban J connectivity index is 1.85. The average molecular weight is 341 g/mol. The summed E-state index contributed by atoms with van der Waals surface area (Å²) in [7, 11) is 0. The lowest BCUT2D eigenvalue weighted by Gasteiger charge is -2.30. The van der Waals surface area contributed by atoms with E-state index in [0.29, 0.717) is 24.6 Å². The second kappa shape index (κ2) is 6.98. The molecule has 0 spiro atoms. The number of likely N-dealkylation sites (tertiary alicyclic amines) is 1. The molecule has 5 heteroatoms. The zero-order valence-electron chi connectivity index (χ0n) is 15.6. The summed E-state index contributed by atoms with van der Waals surface area (Å²) in [5.74, 6) is 0.843. The molecule has 25 heavy (non-hydrogen) atoms. The predicted octanol–water partition coefficient (Wildman–Crippen LogP) is 2.97. The van der Waals surface area contributed by atoms with Crippen LogP contribution in [0.1, 0.15) is 43.0 Å². The second-order valence-corrected chi connectivity index (χ2v) is 7.39. The van der Waals surface area contributed by atoms with E-state index < -0.39 is 0 Å². The molecule has 1 aliphatic rings. The number of benzene rings is 1. The predicted molar refractivity (Wildman–Crippen MR) is 99.8 cm³/mol. The largest absolute Gasteiger partial charge is 0.343 e. The van der Waals surface area contributed by atoms with Gasteiger partial charge < -0.3 is 9.47 Å². The van der Waals surface area contributed by atoms with E-state index in [9.17, 15) is 9.59 Å². The molecule has 0 saturated carbocycles. The number of carbonyl (C=O) groups is 1. The minimum atomic E-state index is -0.101. The van der Waals surface area contributed by atoms with Crippen molar-refractivity contribution in [3.8, 4) is 0 Å². The number of hydrogen-bond acceptors (Lipinski definition) is 3. The summed E-state index contributed by atoms with van der Waals surface area (Å²) >= 11 is 0. The van der Waals surface area contributed by atoms with Crippen molar-refractivity contribution >= 4 is 16.9 Å². The summed E-state index contributed by atoms with van der Waals surface area (Å²) in [6, 6.07) is 4.02. The molecule has 1 amide bonds. The van der Waals surface area contributed by atoms with Gasteiger partial charge in [0.15, 0.2) is 0 Å². The van der Waals surface area contributed by atoms with Crippen LogP contribution in [-0.2, 0) is 11.3 Å². The molecule has 1 aliphatic heterocycles. The Morgan fingerprint density at radius 1 is 1.16 bits per heavy atom. The van der Waals surface area contributed by atoms with E-state index in [0.717, 1.165) is 48.1 Å². The molecule has 3 rings (SSSR count). The maximum absolute atomic E-state index is 12.6. The monoisotopic (exact) mass is 341 g/mol. The van der Waals surface area contributed by atoms with Crippen molar-refractivity contribution in [1.29, 1.82) is 0 Å². The van der Waals surface area contributed by atoms with Crippen LogP contribution in [0.25, 0.3) is 11.0 Å². The molecule has 0 unspecified atom stereocenters. The Bertz CT molecular complexity index is 861. The number of nitrogens with zero attached hydrogens (tertiary/aromatic N) is 3. The molecular weight excluding hydrogens is 314 g/mol. The Hall–Kier alpha value is -2.17. The first kappa shape index (κ1) is 17.6. The second-order valence-electron chi connectivity index (χ2n) is 7.39. The van der Waals surface area contributed by atoms with Gasteiger partial charge in [-0.15, -0.1) is 0 Å². The van der Waals surface area contributed by atoms with Crippen LogP contribution in [0.2, 0.25) is 0 Å². The van der Waals surface area contributed by atoms with Gasteiger partial charge in [0.05, 0.1) is 11.0 Å². The highest BCUT2D eigenvalue weighted by Crippen LogP contribution is 2.19. The minimum absolute atomic E-state index is 0.101. The van der Waals surface area contributed by atoms with E-state index in [4.69, 9.17) is 0 Å². The van der Waals surface area contributed by atoms with Gasteiger partial charge in [0.25, 0.3) is 5.56 Å². The van der Waals surface area contributed by atoms with Gasteiger partial charge in [0.1, 0.15) is 5.69 Å². The first-order valence-electron chi connectivity index (χ1n) is 9.13. The average Bonchev–Trinajstić information content (AvgIpc) is 2.58. The molecule has 1 aromatic heterocycles. The molecule has 0 atom stereocenters. The summed E-state index contributed by atoms with van der Waals surface area (Å²) in [6.07, 6.45) is 2.50. The summed E-state index contributed by atoms with van der Waals surface area (Å²) in [4.78, 5) is 31.5. The first-order valence-corrected chi connectivity index (χ1v) is 9.13. The van der Waals surface area contributed by atoms with Crippen LogP contribution in [0.3, 0.4) is 0 Å². The highest BCUT2D eigenvalue weighted by molar-refractivity contribution is 5.78. The van der Waals surface area contributed by atoms with E-state index in [1.54, 1.807) is 11.5 Å². The van der Waals surface area contributed by atoms with Gasteiger partial charge in [-0.3, -0.25) is 9.59 Å². The number of amides is 1. The van der Waals surface area contributed by atoms with Crippen LogP contribution < -0.4 is 5.56 Å². The molecule has 1 saturated heterocycles. The van der Waals surface area contributed by atoms with E-state index in [1.807, 2.05) is 30.9 Å². The SMILES string of the molecule is Cc1cc2nc(C)c(=O)n(CCC(=O)N3CCC(C)CC3)c2cc1C. The quantitative estimate of drug-likeness (QED) is 0.862. The molecule has 1 aromatic carbocycles. The number of fused-ring (bicyclic) bond motifs is 1. The number of aryl methyl sites for hydroxylation is 4. The van der Waals surface area contributed by atoms with Crippen LogP contribution in [0.4, 0.5) is 0 Å². The Kier molecular flexibility index (Phi) is 4.93. The van der Waals surface area contributed by atoms with Gasteiger partial charge in [0, 0.05) is 26.1 Å². The van der Waals surface area contributed by atoms with Crippen molar-refractivity contribution in [3.05, 3.63) is 39.3 Å². The smallest absolute Gasteiger partial charge is 0.272 e. The standard InChI is InChI=1S/C20H27N3O2/c1-13-5-8-22(9-6-13)19(24)7-10-23-18-12-15(3)14(2)11-17(18)21-16(4)20(23)25/h11-13H,5-10H2,1-4H3. The highest BCUT2D eigenvalue weighted by atomic mass is 16.2. The number of carbonyl (C=O) groups excluding carboxylic acids is 1. The minimum Gasteiger partial charge on any atom is -0.343 e. The molecule has 2 aromatic rings. The van der Waals surface area contributed by atoms with E-state index in [1.165, 1.54) is 0 Å². The fourth-order valence-corrected chi connectivity index (χ4v) is 3.47. The molecular formula is C20H27N3O2. The Morgan fingerprint density at radius 3 is 2.48 bits per heavy atom. The van der Waals surface area contributed by atoms with Gasteiger partial charge >= 0.3 is 0 Å². The van der Waals surface area contributed by atoms with Crippen molar-refractivity contribution in [2.24, 2.45) is 5.92 Å². The lowest BCUT2D eigenvalue weighted by Crippen LogP contribution is -2.38. The summed E-state index contributed by atoms with van der Waals surface area (Å²) in [5.41, 5.74) is 4.30. The third-order valence-electron chi connectivity index (χ3n) is 5.41. The summed E-state index contributed by atoms with van der Waals surface area (Å²) in [5, 5.41) is 0. The third kappa shape index (κ3) is 3.60. The van der Waals surface area contributed by atoms with Gasteiger partial charge in [0.2, 0.25) is 5.91 Å². The lowest BCUT2D eigenvalue weighted by molar-refractivity contribution is -0.132. The molecule has 0 bridgehead atoms. The molecule has 1 fully saturated rings. The van der Waals surface area contributed by atoms with Crippen molar-refractivity contribution in [3.63, 3.8) is 0 Å². The molecule has 0 radical (unpaired) electrons. The summed E-state index contributed by atoms with van der Waals surface area (Å²) < 4.78 is 1.72. The van der Waals surface area contributed by atoms with Crippen molar-refractivity contribution in [2.45, 2.75) is 53.5 Å². The van der Waals surface area contributed by atoms with Crippen LogP contribution in [0.5, 0.6) is 0 Å². The number of rotatable bonds is 3. The molecule has 134 valence electrons. The zero-order valence-corrected chi connectivity index (χ0v) is 15.6. The molecule has 0 aliphatic carbocycles. The fraction of sp³-hybridized carbons (Fsp3) is 0.550. The zero-order chi connectivity index (χ0) is 18.1. The molecule has 0 N–H and O–H groups in total. The van der Waals surface area contributed by atoms with E-state index in [2.05, 4.69) is 11.9 Å². The topological polar surface area (TPSA) is 55.2 Å². The number of aromatic nitrogens is 2. The maximum atomic E-state index is 12.6. The van der Waals surface area contributed by atoms with Crippen LogP contribution in [0, 0.1) is 26.7 Å². The van der Waals surface area contributed by atoms with Crippen LogP contribution in [-0.4, -0.2) is 33.4 Å². The van der Waals surface area contributed by atoms with E-state index >= 15 is 0 Å². The van der Waals surface area contributed by atoms with Gasteiger partial charge in [-0.05, 0) is 62.8 Å². The van der Waals surface area contributed by atoms with Crippen LogP contribution in [0.15, 0.2) is 16.9 Å². The Labute approximate surface area is 148 Å². The van der Waals surface area contributed by atoms with Crippen molar-refractivity contribution < 1.29 is 4.79 Å². The van der Waals surface area contributed by atoms with Crippen molar-refractivity contribution in [1.82, 2.24) is 14.5 Å². The van der Waals surface area contributed by atoms with Crippen molar-refractivity contribution in [2.75, 3.05) is 13.1 Å². The number of hydrogen-bond donors (Lipinski definition) is 0. The molecule has 2 heterocycles. The third-order valence-corrected chi connectivity index (χ3v) is 5.41. The van der Waals surface area contributed by atoms with E-state index in [-0.39, 0.29) is 11.5 Å². The number of piperidine rings is 1. The maximum Gasteiger partial charge on any atom is 0.272 e. The molecule has 5 nitrogen and oxygen atoms in total. The first-order chi connectivity index (χ1) is 11.9. The Morgan fingerprint density at radius 2 is 1.80 bits per heavy atom. The fourth-order valence-electron chi connectivity index (χ4n) is 3.47. The van der Waals surface area contributed by atoms with Gasteiger partial charge in [-0.1, -0.05) is 6.92 Å². The lowest BCUT2D eigenvalue weighted by atomic mass is 9.99. The van der Waals surface area contributed by atoms with Crippen LogP contribution >= 0.6 is 0 Å². The van der Waals surface area contributed by atoms with Gasteiger partial charge in [-0.2, -0.15) is 0 Å². The van der Waals surface area contributed by atoms with Gasteiger partial charge in [-0.25, -0.2) is 4.98 Å². The highest BCUT2D eigenvalue weighted by Gasteiger charge is 2.20. The normalized spacial score (nSPS) is 15.8. The summed E-state index contributed by atoms with van der Waals surface area (Å²) in [6.45, 7) is 10.1.